The van der Waals surface area contributed by atoms with E-state index in [2.05, 4.69) is 29.4 Å². The zero-order valence-corrected chi connectivity index (χ0v) is 14.1. The molecule has 0 saturated heterocycles. The highest BCUT2D eigenvalue weighted by molar-refractivity contribution is 7.91. The molecule has 0 fully saturated rings. The number of sulfone groups is 1. The number of rotatable bonds is 6. The quantitative estimate of drug-likeness (QED) is 0.886. The van der Waals surface area contributed by atoms with Gasteiger partial charge in [0.2, 0.25) is 0 Å². The average Bonchev–Trinajstić information content (AvgIpc) is 2.88. The lowest BCUT2D eigenvalue weighted by molar-refractivity contribution is 0.592. The molecule has 1 aromatic heterocycles. The van der Waals surface area contributed by atoms with Gasteiger partial charge in [0.05, 0.1) is 5.69 Å². The molecule has 4 nitrogen and oxygen atoms in total. The van der Waals surface area contributed by atoms with Crippen LogP contribution in [0.5, 0.6) is 0 Å². The molecule has 6 heteroatoms. The summed E-state index contributed by atoms with van der Waals surface area (Å²) in [7, 11) is -3.08. The van der Waals surface area contributed by atoms with Gasteiger partial charge in [0.15, 0.2) is 9.84 Å². The third-order valence-corrected chi connectivity index (χ3v) is 6.05. The molecule has 0 aliphatic carbocycles. The van der Waals surface area contributed by atoms with Gasteiger partial charge in [-0.05, 0) is 26.0 Å². The van der Waals surface area contributed by atoms with Crippen LogP contribution in [0, 0.1) is 6.92 Å². The van der Waals surface area contributed by atoms with Crippen molar-refractivity contribution < 1.29 is 8.42 Å². The standard InChI is InChI=1S/C15H20N2O2S2/c1-11-4-6-13(7-5-11)16-9-8-14-10-20-15(17-14)12(2)21(3,18)19/h4-7,10,12,16H,8-9H2,1-3H3. The molecule has 21 heavy (non-hydrogen) atoms. The minimum absolute atomic E-state index is 0.527. The first kappa shape index (κ1) is 16.0. The number of anilines is 1. The monoisotopic (exact) mass is 324 g/mol. The molecule has 1 atom stereocenters. The van der Waals surface area contributed by atoms with Gasteiger partial charge in [-0.15, -0.1) is 11.3 Å². The minimum Gasteiger partial charge on any atom is -0.385 e. The van der Waals surface area contributed by atoms with Gasteiger partial charge in [-0.1, -0.05) is 17.7 Å². The van der Waals surface area contributed by atoms with Crippen molar-refractivity contribution in [2.75, 3.05) is 18.1 Å². The van der Waals surface area contributed by atoms with Crippen LogP contribution in [0.15, 0.2) is 29.6 Å². The smallest absolute Gasteiger partial charge is 0.156 e. The Labute approximate surface area is 130 Å². The zero-order valence-electron chi connectivity index (χ0n) is 12.5. The van der Waals surface area contributed by atoms with E-state index < -0.39 is 15.1 Å². The summed E-state index contributed by atoms with van der Waals surface area (Å²) in [5.41, 5.74) is 3.25. The van der Waals surface area contributed by atoms with Crippen LogP contribution >= 0.6 is 11.3 Å². The van der Waals surface area contributed by atoms with E-state index in [0.29, 0.717) is 5.01 Å². The Kier molecular flexibility index (Phi) is 5.00. The van der Waals surface area contributed by atoms with Crippen molar-refractivity contribution in [2.24, 2.45) is 0 Å². The van der Waals surface area contributed by atoms with Crippen molar-refractivity contribution in [3.05, 3.63) is 45.9 Å². The van der Waals surface area contributed by atoms with Crippen LogP contribution in [0.3, 0.4) is 0 Å². The molecule has 114 valence electrons. The molecule has 0 spiro atoms. The maximum absolute atomic E-state index is 11.5. The molecule has 0 saturated carbocycles. The molecule has 0 amide bonds. The highest BCUT2D eigenvalue weighted by Crippen LogP contribution is 2.24. The van der Waals surface area contributed by atoms with E-state index in [1.165, 1.54) is 23.2 Å². The molecule has 0 aliphatic rings. The highest BCUT2D eigenvalue weighted by Gasteiger charge is 2.20. The minimum atomic E-state index is -3.08. The first-order valence-electron chi connectivity index (χ1n) is 6.80. The number of benzene rings is 1. The second kappa shape index (κ2) is 6.58. The van der Waals surface area contributed by atoms with Crippen LogP contribution in [0.4, 0.5) is 5.69 Å². The number of nitrogens with one attached hydrogen (secondary N) is 1. The van der Waals surface area contributed by atoms with Crippen molar-refractivity contribution in [1.82, 2.24) is 4.98 Å². The Hall–Kier alpha value is -1.40. The molecule has 1 heterocycles. The summed E-state index contributed by atoms with van der Waals surface area (Å²) >= 11 is 1.41. The summed E-state index contributed by atoms with van der Waals surface area (Å²) in [5, 5.41) is 5.42. The van der Waals surface area contributed by atoms with E-state index >= 15 is 0 Å². The van der Waals surface area contributed by atoms with Crippen LogP contribution in [0.2, 0.25) is 0 Å². The molecule has 1 N–H and O–H groups in total. The average molecular weight is 324 g/mol. The molecular weight excluding hydrogens is 304 g/mol. The number of aromatic nitrogens is 1. The van der Waals surface area contributed by atoms with Crippen LogP contribution in [-0.2, 0) is 16.3 Å². The summed E-state index contributed by atoms with van der Waals surface area (Å²) in [6.45, 7) is 4.52. The largest absolute Gasteiger partial charge is 0.385 e. The fourth-order valence-electron chi connectivity index (χ4n) is 1.81. The lowest BCUT2D eigenvalue weighted by Crippen LogP contribution is -2.08. The van der Waals surface area contributed by atoms with Gasteiger partial charge in [0, 0.05) is 30.3 Å². The van der Waals surface area contributed by atoms with Crippen LogP contribution in [0.25, 0.3) is 0 Å². The van der Waals surface area contributed by atoms with Crippen LogP contribution < -0.4 is 5.32 Å². The van der Waals surface area contributed by atoms with E-state index in [1.807, 2.05) is 17.5 Å². The van der Waals surface area contributed by atoms with E-state index in [-0.39, 0.29) is 0 Å². The molecular formula is C15H20N2O2S2. The van der Waals surface area contributed by atoms with Gasteiger partial charge in [-0.2, -0.15) is 0 Å². The highest BCUT2D eigenvalue weighted by atomic mass is 32.2. The van der Waals surface area contributed by atoms with Crippen molar-refractivity contribution in [3.63, 3.8) is 0 Å². The fraction of sp³-hybridized carbons (Fsp3) is 0.400. The van der Waals surface area contributed by atoms with E-state index in [9.17, 15) is 8.42 Å². The molecule has 0 radical (unpaired) electrons. The first-order valence-corrected chi connectivity index (χ1v) is 9.63. The summed E-state index contributed by atoms with van der Waals surface area (Å²) in [6.07, 6.45) is 2.03. The van der Waals surface area contributed by atoms with E-state index in [0.717, 1.165) is 24.3 Å². The summed E-state index contributed by atoms with van der Waals surface area (Å²) < 4.78 is 23.0. The van der Waals surface area contributed by atoms with Gasteiger partial charge in [-0.3, -0.25) is 0 Å². The predicted octanol–water partition coefficient (Wildman–Crippen LogP) is 3.21. The number of thiazole rings is 1. The Morgan fingerprint density at radius 3 is 2.57 bits per heavy atom. The second-order valence-electron chi connectivity index (χ2n) is 5.19. The number of aryl methyl sites for hydroxylation is 1. The third kappa shape index (κ3) is 4.54. The SMILES string of the molecule is Cc1ccc(NCCc2csc(C(C)S(C)(=O)=O)n2)cc1. The van der Waals surface area contributed by atoms with Crippen molar-refractivity contribution in [3.8, 4) is 0 Å². The normalized spacial score (nSPS) is 13.1. The van der Waals surface area contributed by atoms with E-state index in [4.69, 9.17) is 0 Å². The molecule has 0 aliphatic heterocycles. The Morgan fingerprint density at radius 1 is 1.29 bits per heavy atom. The van der Waals surface area contributed by atoms with Gasteiger partial charge in [0.25, 0.3) is 0 Å². The molecule has 0 bridgehead atoms. The lowest BCUT2D eigenvalue weighted by atomic mass is 10.2. The number of hydrogen-bond acceptors (Lipinski definition) is 5. The van der Waals surface area contributed by atoms with Gasteiger partial charge >= 0.3 is 0 Å². The van der Waals surface area contributed by atoms with E-state index in [1.54, 1.807) is 6.92 Å². The Morgan fingerprint density at radius 2 is 1.95 bits per heavy atom. The maximum atomic E-state index is 11.5. The number of nitrogens with zero attached hydrogens (tertiary/aromatic N) is 1. The van der Waals surface area contributed by atoms with Gasteiger partial charge < -0.3 is 5.32 Å². The Balaban J connectivity index is 1.90. The maximum Gasteiger partial charge on any atom is 0.156 e. The lowest BCUT2D eigenvalue weighted by Gasteiger charge is -2.06. The predicted molar refractivity (Wildman–Crippen MR) is 88.7 cm³/mol. The second-order valence-corrected chi connectivity index (χ2v) is 8.45. The van der Waals surface area contributed by atoms with Crippen molar-refractivity contribution >= 4 is 26.9 Å². The van der Waals surface area contributed by atoms with Gasteiger partial charge in [-0.25, -0.2) is 13.4 Å². The van der Waals surface area contributed by atoms with Gasteiger partial charge in [0.1, 0.15) is 10.3 Å². The Bertz CT molecular complexity index is 691. The zero-order chi connectivity index (χ0) is 15.5. The third-order valence-electron chi connectivity index (χ3n) is 3.32. The topological polar surface area (TPSA) is 59.1 Å². The van der Waals surface area contributed by atoms with Crippen molar-refractivity contribution in [1.29, 1.82) is 0 Å². The molecule has 1 aromatic carbocycles. The summed E-state index contributed by atoms with van der Waals surface area (Å²) in [4.78, 5) is 4.42. The first-order chi connectivity index (χ1) is 9.86. The fourth-order valence-corrected chi connectivity index (χ4v) is 3.71. The molecule has 1 unspecified atom stereocenters. The van der Waals surface area contributed by atoms with Crippen LogP contribution in [0.1, 0.15) is 28.4 Å². The molecule has 2 aromatic rings. The summed E-state index contributed by atoms with van der Waals surface area (Å²) in [6, 6.07) is 8.23. The van der Waals surface area contributed by atoms with Crippen LogP contribution in [-0.4, -0.2) is 26.2 Å². The van der Waals surface area contributed by atoms with Crippen molar-refractivity contribution in [2.45, 2.75) is 25.5 Å². The number of hydrogen-bond donors (Lipinski definition) is 1. The summed E-state index contributed by atoms with van der Waals surface area (Å²) in [5.74, 6) is 0. The molecule has 2 rings (SSSR count).